The van der Waals surface area contributed by atoms with Gasteiger partial charge >= 0.3 is 0 Å². The van der Waals surface area contributed by atoms with Gasteiger partial charge in [0, 0.05) is 37.6 Å². The van der Waals surface area contributed by atoms with Gasteiger partial charge in [0.05, 0.1) is 6.20 Å². The molecule has 0 aliphatic carbocycles. The van der Waals surface area contributed by atoms with Crippen LogP contribution in [0.15, 0.2) is 30.7 Å². The molecule has 72 valence electrons. The molecule has 4 heteroatoms. The predicted octanol–water partition coefficient (Wildman–Crippen LogP) is 1.54. The van der Waals surface area contributed by atoms with Crippen LogP contribution in [0.5, 0.6) is 0 Å². The predicted molar refractivity (Wildman–Crippen MR) is 56.1 cm³/mol. The maximum Gasteiger partial charge on any atom is 0.127 e. The zero-order valence-corrected chi connectivity index (χ0v) is 8.23. The summed E-state index contributed by atoms with van der Waals surface area (Å²) in [5, 5.41) is 6.67. The quantitative estimate of drug-likeness (QED) is 0.777. The van der Waals surface area contributed by atoms with Gasteiger partial charge in [-0.15, -0.1) is 0 Å². The van der Waals surface area contributed by atoms with Crippen LogP contribution >= 0.6 is 0 Å². The third-order valence-corrected chi connectivity index (χ3v) is 2.04. The molecular weight excluding hydrogens is 176 g/mol. The maximum absolute atomic E-state index is 4.32. The average molecular weight is 188 g/mol. The van der Waals surface area contributed by atoms with E-state index in [-0.39, 0.29) is 0 Å². The first-order valence-electron chi connectivity index (χ1n) is 4.40. The molecule has 0 unspecified atom stereocenters. The summed E-state index contributed by atoms with van der Waals surface area (Å²) in [5.74, 6) is 0.956. The fraction of sp³-hybridized carbons (Fsp3) is 0.200. The number of pyridine rings is 1. The number of anilines is 1. The summed E-state index contributed by atoms with van der Waals surface area (Å²) in [6.07, 6.45) is 5.48. The average Bonchev–Trinajstić information content (AvgIpc) is 2.71. The van der Waals surface area contributed by atoms with Crippen LogP contribution in [0.1, 0.15) is 0 Å². The molecule has 1 N–H and O–H groups in total. The van der Waals surface area contributed by atoms with Crippen LogP contribution < -0.4 is 4.90 Å². The summed E-state index contributed by atoms with van der Waals surface area (Å²) in [6.45, 7) is 0. The van der Waals surface area contributed by atoms with E-state index in [0.717, 1.165) is 16.9 Å². The number of hydrogen-bond donors (Lipinski definition) is 1. The Balaban J connectivity index is 2.31. The van der Waals surface area contributed by atoms with Crippen molar-refractivity contribution >= 4 is 5.82 Å². The topological polar surface area (TPSA) is 44.8 Å². The highest BCUT2D eigenvalue weighted by molar-refractivity contribution is 5.61. The van der Waals surface area contributed by atoms with E-state index < -0.39 is 0 Å². The van der Waals surface area contributed by atoms with Crippen molar-refractivity contribution in [3.63, 3.8) is 0 Å². The van der Waals surface area contributed by atoms with Crippen LogP contribution in [0.2, 0.25) is 0 Å². The van der Waals surface area contributed by atoms with Crippen molar-refractivity contribution in [1.82, 2.24) is 15.2 Å². The van der Waals surface area contributed by atoms with E-state index in [4.69, 9.17) is 0 Å². The highest BCUT2D eigenvalue weighted by Gasteiger charge is 2.00. The van der Waals surface area contributed by atoms with Crippen molar-refractivity contribution in [2.24, 2.45) is 0 Å². The van der Waals surface area contributed by atoms with Crippen molar-refractivity contribution in [3.05, 3.63) is 30.7 Å². The number of aromatic nitrogens is 3. The lowest BCUT2D eigenvalue weighted by molar-refractivity contribution is 1.07. The van der Waals surface area contributed by atoms with Crippen molar-refractivity contribution in [1.29, 1.82) is 0 Å². The maximum atomic E-state index is 4.32. The molecule has 0 fully saturated rings. The summed E-state index contributed by atoms with van der Waals surface area (Å²) in [6, 6.07) is 4.02. The highest BCUT2D eigenvalue weighted by Crippen LogP contribution is 2.18. The first kappa shape index (κ1) is 8.74. The summed E-state index contributed by atoms with van der Waals surface area (Å²) >= 11 is 0. The molecule has 0 aromatic carbocycles. The van der Waals surface area contributed by atoms with Gasteiger partial charge in [0.2, 0.25) is 0 Å². The number of nitrogens with one attached hydrogen (secondary N) is 1. The van der Waals surface area contributed by atoms with Crippen LogP contribution in [-0.4, -0.2) is 29.3 Å². The van der Waals surface area contributed by atoms with Gasteiger partial charge in [-0.2, -0.15) is 5.10 Å². The van der Waals surface area contributed by atoms with E-state index in [1.54, 1.807) is 6.20 Å². The highest BCUT2D eigenvalue weighted by atomic mass is 15.1. The molecule has 2 aromatic rings. The van der Waals surface area contributed by atoms with Gasteiger partial charge in [-0.1, -0.05) is 0 Å². The first-order valence-corrected chi connectivity index (χ1v) is 4.40. The van der Waals surface area contributed by atoms with Gasteiger partial charge in [0.25, 0.3) is 0 Å². The molecule has 4 nitrogen and oxygen atoms in total. The molecule has 0 saturated heterocycles. The number of aromatic amines is 1. The number of nitrogens with zero attached hydrogens (tertiary/aromatic N) is 3. The number of rotatable bonds is 2. The Kier molecular flexibility index (Phi) is 2.18. The lowest BCUT2D eigenvalue weighted by Gasteiger charge is -2.10. The Morgan fingerprint density at radius 3 is 2.50 bits per heavy atom. The first-order chi connectivity index (χ1) is 6.77. The lowest BCUT2D eigenvalue weighted by Crippen LogP contribution is -2.09. The Labute approximate surface area is 82.6 Å². The van der Waals surface area contributed by atoms with Gasteiger partial charge in [0.1, 0.15) is 5.82 Å². The standard InChI is InChI=1S/C10H12N4/c1-14(2)10-4-3-8(5-11-10)9-6-12-13-7-9/h3-7H,1-2H3,(H,12,13). The molecule has 2 aromatic heterocycles. The van der Waals surface area contributed by atoms with E-state index in [9.17, 15) is 0 Å². The zero-order valence-electron chi connectivity index (χ0n) is 8.23. The van der Waals surface area contributed by atoms with Crippen LogP contribution in [0.4, 0.5) is 5.82 Å². The molecule has 0 aliphatic rings. The minimum Gasteiger partial charge on any atom is -0.363 e. The second-order valence-corrected chi connectivity index (χ2v) is 3.29. The number of hydrogen-bond acceptors (Lipinski definition) is 3. The summed E-state index contributed by atoms with van der Waals surface area (Å²) in [5.41, 5.74) is 2.13. The Bertz CT molecular complexity index is 389. The molecular formula is C10H12N4. The normalized spacial score (nSPS) is 10.1. The lowest BCUT2D eigenvalue weighted by atomic mass is 10.2. The molecule has 0 atom stereocenters. The van der Waals surface area contributed by atoms with Gasteiger partial charge in [0.15, 0.2) is 0 Å². The zero-order chi connectivity index (χ0) is 9.97. The molecule has 2 heterocycles. The Hall–Kier alpha value is -1.84. The number of H-pyrrole nitrogens is 1. The smallest absolute Gasteiger partial charge is 0.127 e. The van der Waals surface area contributed by atoms with Gasteiger partial charge in [-0.3, -0.25) is 5.10 Å². The second kappa shape index (κ2) is 3.49. The third-order valence-electron chi connectivity index (χ3n) is 2.04. The molecule has 0 radical (unpaired) electrons. The summed E-state index contributed by atoms with van der Waals surface area (Å²) < 4.78 is 0. The largest absolute Gasteiger partial charge is 0.363 e. The van der Waals surface area contributed by atoms with E-state index in [0.29, 0.717) is 0 Å². The second-order valence-electron chi connectivity index (χ2n) is 3.29. The van der Waals surface area contributed by atoms with Crippen LogP contribution in [0.25, 0.3) is 11.1 Å². The molecule has 2 rings (SSSR count). The molecule has 0 saturated carbocycles. The minimum absolute atomic E-state index is 0.956. The van der Waals surface area contributed by atoms with E-state index in [2.05, 4.69) is 15.2 Å². The Morgan fingerprint density at radius 2 is 2.00 bits per heavy atom. The molecule has 0 amide bonds. The van der Waals surface area contributed by atoms with Crippen molar-refractivity contribution in [2.45, 2.75) is 0 Å². The Morgan fingerprint density at radius 1 is 1.14 bits per heavy atom. The molecule has 0 aliphatic heterocycles. The van der Waals surface area contributed by atoms with Gasteiger partial charge in [-0.05, 0) is 12.1 Å². The molecule has 0 spiro atoms. The van der Waals surface area contributed by atoms with E-state index >= 15 is 0 Å². The summed E-state index contributed by atoms with van der Waals surface area (Å²) in [7, 11) is 3.94. The SMILES string of the molecule is CN(C)c1ccc(-c2cn[nH]c2)cn1. The van der Waals surface area contributed by atoms with Crippen molar-refractivity contribution < 1.29 is 0 Å². The minimum atomic E-state index is 0.956. The third kappa shape index (κ3) is 1.59. The van der Waals surface area contributed by atoms with Crippen LogP contribution in [0.3, 0.4) is 0 Å². The van der Waals surface area contributed by atoms with Gasteiger partial charge < -0.3 is 4.90 Å². The monoisotopic (exact) mass is 188 g/mol. The molecule has 14 heavy (non-hydrogen) atoms. The summed E-state index contributed by atoms with van der Waals surface area (Å²) in [4.78, 5) is 6.29. The van der Waals surface area contributed by atoms with Crippen LogP contribution in [-0.2, 0) is 0 Å². The van der Waals surface area contributed by atoms with Crippen LogP contribution in [0, 0.1) is 0 Å². The fourth-order valence-corrected chi connectivity index (χ4v) is 1.23. The van der Waals surface area contributed by atoms with Crippen molar-refractivity contribution in [3.8, 4) is 11.1 Å². The molecule has 0 bridgehead atoms. The van der Waals surface area contributed by atoms with E-state index in [1.165, 1.54) is 0 Å². The van der Waals surface area contributed by atoms with Crippen molar-refractivity contribution in [2.75, 3.05) is 19.0 Å². The van der Waals surface area contributed by atoms with Gasteiger partial charge in [-0.25, -0.2) is 4.98 Å². The fourth-order valence-electron chi connectivity index (χ4n) is 1.23. The van der Waals surface area contributed by atoms with E-state index in [1.807, 2.05) is 43.5 Å².